The topological polar surface area (TPSA) is 18.5 Å². The molecule has 1 aromatic heterocycles. The standard InChI is InChI=1S/C18H23N3S2/c1-14-5-6-15(2)17(12-14)19-18(22)21-9-7-20(8-10-21)13-16-4-3-11-23-16/h3-6,11-12H,7-10,13H2,1-2H3,(H,19,22). The normalized spacial score (nSPS) is 15.7. The molecule has 0 aliphatic carbocycles. The van der Waals surface area contributed by atoms with Crippen molar-refractivity contribution in [2.75, 3.05) is 31.5 Å². The maximum atomic E-state index is 5.61. The first-order chi connectivity index (χ1) is 11.1. The second-order valence-electron chi connectivity index (χ2n) is 6.09. The second-order valence-corrected chi connectivity index (χ2v) is 7.51. The van der Waals surface area contributed by atoms with Crippen LogP contribution in [0.15, 0.2) is 35.7 Å². The molecule has 0 saturated carbocycles. The number of anilines is 1. The minimum atomic E-state index is 0.842. The Balaban J connectivity index is 1.53. The fraction of sp³-hybridized carbons (Fsp3) is 0.389. The van der Waals surface area contributed by atoms with Gasteiger partial charge in [0.1, 0.15) is 0 Å². The van der Waals surface area contributed by atoms with Gasteiger partial charge in [0.2, 0.25) is 0 Å². The van der Waals surface area contributed by atoms with Gasteiger partial charge >= 0.3 is 0 Å². The van der Waals surface area contributed by atoms with Crippen LogP contribution in [0.4, 0.5) is 5.69 Å². The largest absolute Gasteiger partial charge is 0.346 e. The Bertz CT molecular complexity index is 659. The van der Waals surface area contributed by atoms with Crippen LogP contribution in [0.1, 0.15) is 16.0 Å². The summed E-state index contributed by atoms with van der Waals surface area (Å²) in [6.45, 7) is 9.38. The molecule has 0 spiro atoms. The van der Waals surface area contributed by atoms with Crippen molar-refractivity contribution in [1.29, 1.82) is 0 Å². The Hall–Kier alpha value is -1.43. The predicted octanol–water partition coefficient (Wildman–Crippen LogP) is 3.88. The van der Waals surface area contributed by atoms with Crippen LogP contribution in [0.3, 0.4) is 0 Å². The summed E-state index contributed by atoms with van der Waals surface area (Å²) in [6.07, 6.45) is 0. The first kappa shape index (κ1) is 16.4. The Morgan fingerprint density at radius 3 is 2.65 bits per heavy atom. The molecule has 0 atom stereocenters. The highest BCUT2D eigenvalue weighted by Crippen LogP contribution is 2.18. The fourth-order valence-corrected chi connectivity index (χ4v) is 3.84. The van der Waals surface area contributed by atoms with Crippen LogP contribution in [-0.4, -0.2) is 41.1 Å². The number of nitrogens with one attached hydrogen (secondary N) is 1. The minimum Gasteiger partial charge on any atom is -0.346 e. The molecule has 3 nitrogen and oxygen atoms in total. The van der Waals surface area contributed by atoms with E-state index in [4.69, 9.17) is 12.2 Å². The molecule has 3 rings (SSSR count). The molecule has 2 aromatic rings. The first-order valence-electron chi connectivity index (χ1n) is 8.00. The Kier molecular flexibility index (Phi) is 5.30. The van der Waals surface area contributed by atoms with Gasteiger partial charge in [-0.15, -0.1) is 11.3 Å². The van der Waals surface area contributed by atoms with E-state index in [9.17, 15) is 0 Å². The molecule has 1 aliphatic rings. The van der Waals surface area contributed by atoms with E-state index < -0.39 is 0 Å². The van der Waals surface area contributed by atoms with Crippen LogP contribution >= 0.6 is 23.6 Å². The van der Waals surface area contributed by atoms with E-state index in [2.05, 4.69) is 64.7 Å². The molecular formula is C18H23N3S2. The van der Waals surface area contributed by atoms with E-state index in [0.717, 1.165) is 43.5 Å². The highest BCUT2D eigenvalue weighted by Gasteiger charge is 2.19. The average Bonchev–Trinajstić information content (AvgIpc) is 3.04. The smallest absolute Gasteiger partial charge is 0.173 e. The van der Waals surface area contributed by atoms with Crippen LogP contribution in [0.25, 0.3) is 0 Å². The zero-order valence-corrected chi connectivity index (χ0v) is 15.3. The molecule has 0 bridgehead atoms. The van der Waals surface area contributed by atoms with Crippen LogP contribution in [-0.2, 0) is 6.54 Å². The Morgan fingerprint density at radius 2 is 1.96 bits per heavy atom. The molecule has 0 unspecified atom stereocenters. The van der Waals surface area contributed by atoms with Crippen molar-refractivity contribution >= 4 is 34.4 Å². The van der Waals surface area contributed by atoms with E-state index in [0.29, 0.717) is 0 Å². The van der Waals surface area contributed by atoms with E-state index in [-0.39, 0.29) is 0 Å². The zero-order chi connectivity index (χ0) is 16.2. The van der Waals surface area contributed by atoms with Crippen LogP contribution in [0.2, 0.25) is 0 Å². The molecule has 1 saturated heterocycles. The minimum absolute atomic E-state index is 0.842. The van der Waals surface area contributed by atoms with Gasteiger partial charge in [0.15, 0.2) is 5.11 Å². The molecule has 2 heterocycles. The molecule has 122 valence electrons. The van der Waals surface area contributed by atoms with E-state index >= 15 is 0 Å². The van der Waals surface area contributed by atoms with Gasteiger partial charge in [-0.3, -0.25) is 4.90 Å². The summed E-state index contributed by atoms with van der Waals surface area (Å²) in [5.74, 6) is 0. The molecule has 1 fully saturated rings. The summed E-state index contributed by atoms with van der Waals surface area (Å²) in [7, 11) is 0. The lowest BCUT2D eigenvalue weighted by molar-refractivity contribution is 0.178. The number of thiophene rings is 1. The number of piperazine rings is 1. The SMILES string of the molecule is Cc1ccc(C)c(NC(=S)N2CCN(Cc3cccs3)CC2)c1. The molecule has 0 radical (unpaired) electrons. The number of benzene rings is 1. The van der Waals surface area contributed by atoms with Gasteiger partial charge in [-0.25, -0.2) is 0 Å². The summed E-state index contributed by atoms with van der Waals surface area (Å²) in [5.41, 5.74) is 3.60. The van der Waals surface area contributed by atoms with Gasteiger partial charge < -0.3 is 10.2 Å². The number of aryl methyl sites for hydroxylation is 2. The van der Waals surface area contributed by atoms with Crippen molar-refractivity contribution in [3.8, 4) is 0 Å². The molecule has 0 amide bonds. The zero-order valence-electron chi connectivity index (χ0n) is 13.7. The number of rotatable bonds is 3. The van der Waals surface area contributed by atoms with Crippen molar-refractivity contribution in [3.63, 3.8) is 0 Å². The predicted molar refractivity (Wildman–Crippen MR) is 103 cm³/mol. The maximum Gasteiger partial charge on any atom is 0.173 e. The van der Waals surface area contributed by atoms with E-state index in [1.807, 2.05) is 11.3 Å². The van der Waals surface area contributed by atoms with Crippen molar-refractivity contribution in [3.05, 3.63) is 51.7 Å². The highest BCUT2D eigenvalue weighted by molar-refractivity contribution is 7.80. The summed E-state index contributed by atoms with van der Waals surface area (Å²) in [6, 6.07) is 10.8. The van der Waals surface area contributed by atoms with Gasteiger partial charge in [-0.05, 0) is 54.7 Å². The second kappa shape index (κ2) is 7.43. The van der Waals surface area contributed by atoms with E-state index in [1.54, 1.807) is 0 Å². The summed E-state index contributed by atoms with van der Waals surface area (Å²) < 4.78 is 0. The van der Waals surface area contributed by atoms with Gasteiger partial charge in [-0.1, -0.05) is 18.2 Å². The quantitative estimate of drug-likeness (QED) is 0.851. The van der Waals surface area contributed by atoms with Crippen LogP contribution in [0, 0.1) is 13.8 Å². The van der Waals surface area contributed by atoms with Gasteiger partial charge in [0.25, 0.3) is 0 Å². The van der Waals surface area contributed by atoms with Gasteiger partial charge in [0.05, 0.1) is 0 Å². The Morgan fingerprint density at radius 1 is 1.17 bits per heavy atom. The van der Waals surface area contributed by atoms with Crippen molar-refractivity contribution in [1.82, 2.24) is 9.80 Å². The molecule has 1 aromatic carbocycles. The monoisotopic (exact) mass is 345 g/mol. The number of nitrogens with zero attached hydrogens (tertiary/aromatic N) is 2. The molecule has 23 heavy (non-hydrogen) atoms. The number of hydrogen-bond donors (Lipinski definition) is 1. The van der Waals surface area contributed by atoms with Crippen LogP contribution in [0.5, 0.6) is 0 Å². The van der Waals surface area contributed by atoms with Gasteiger partial charge in [-0.2, -0.15) is 0 Å². The summed E-state index contributed by atoms with van der Waals surface area (Å²) in [4.78, 5) is 6.22. The first-order valence-corrected chi connectivity index (χ1v) is 9.28. The Labute approximate surface area is 147 Å². The van der Waals surface area contributed by atoms with E-state index in [1.165, 1.54) is 16.0 Å². The third-order valence-electron chi connectivity index (χ3n) is 4.25. The number of thiocarbonyl (C=S) groups is 1. The average molecular weight is 346 g/mol. The highest BCUT2D eigenvalue weighted by atomic mass is 32.1. The number of hydrogen-bond acceptors (Lipinski definition) is 3. The lowest BCUT2D eigenvalue weighted by Gasteiger charge is -2.36. The third kappa shape index (κ3) is 4.31. The lowest BCUT2D eigenvalue weighted by atomic mass is 10.1. The molecule has 1 N–H and O–H groups in total. The fourth-order valence-electron chi connectivity index (χ4n) is 2.80. The van der Waals surface area contributed by atoms with Crippen molar-refractivity contribution in [2.24, 2.45) is 0 Å². The molecular weight excluding hydrogens is 322 g/mol. The third-order valence-corrected chi connectivity index (χ3v) is 5.48. The summed E-state index contributed by atoms with van der Waals surface area (Å²) >= 11 is 7.45. The summed E-state index contributed by atoms with van der Waals surface area (Å²) in [5, 5.41) is 6.41. The lowest BCUT2D eigenvalue weighted by Crippen LogP contribution is -2.49. The molecule has 1 aliphatic heterocycles. The maximum absolute atomic E-state index is 5.61. The van der Waals surface area contributed by atoms with Gasteiger partial charge in [0, 0.05) is 43.3 Å². The van der Waals surface area contributed by atoms with Crippen molar-refractivity contribution in [2.45, 2.75) is 20.4 Å². The van der Waals surface area contributed by atoms with Crippen LogP contribution < -0.4 is 5.32 Å². The van der Waals surface area contributed by atoms with Crippen molar-refractivity contribution < 1.29 is 0 Å². The molecule has 5 heteroatoms.